The van der Waals surface area contributed by atoms with E-state index in [0.717, 1.165) is 11.1 Å². The maximum atomic E-state index is 5.89. The lowest BCUT2D eigenvalue weighted by Gasteiger charge is -2.09. The Kier molecular flexibility index (Phi) is 12.7. The van der Waals surface area contributed by atoms with Crippen molar-refractivity contribution in [2.24, 2.45) is 0 Å². The molecule has 0 spiro atoms. The average Bonchev–Trinajstić information content (AvgIpc) is 3.31. The third-order valence-corrected chi connectivity index (χ3v) is 3.81. The highest BCUT2D eigenvalue weighted by Gasteiger charge is 2.07. The van der Waals surface area contributed by atoms with E-state index in [9.17, 15) is 0 Å². The van der Waals surface area contributed by atoms with Crippen LogP contribution in [-0.4, -0.2) is 19.5 Å². The number of hydrogen-bond donors (Lipinski definition) is 0. The molecule has 5 heteroatoms. The monoisotopic (exact) mass is 418 g/mol. The first-order valence-corrected chi connectivity index (χ1v) is 11.0. The zero-order valence-corrected chi connectivity index (χ0v) is 19.5. The number of ether oxygens (including phenoxy) is 1. The second-order valence-corrected chi connectivity index (χ2v) is 5.57. The lowest BCUT2D eigenvalue weighted by Crippen LogP contribution is -2.01. The van der Waals surface area contributed by atoms with E-state index in [1.54, 1.807) is 24.9 Å². The molecule has 1 aromatic carbocycles. The molecular weight excluding hydrogens is 384 g/mol. The summed E-state index contributed by atoms with van der Waals surface area (Å²) in [5.74, 6) is 1.19. The van der Waals surface area contributed by atoms with Gasteiger partial charge in [0.25, 0.3) is 0 Å². The van der Waals surface area contributed by atoms with Crippen molar-refractivity contribution in [3.05, 3.63) is 91.3 Å². The molecule has 0 fully saturated rings. The third-order valence-electron chi connectivity index (χ3n) is 3.81. The Morgan fingerprint density at radius 1 is 0.710 bits per heavy atom. The van der Waals surface area contributed by atoms with Crippen LogP contribution in [0.3, 0.4) is 0 Å². The van der Waals surface area contributed by atoms with Crippen LogP contribution >= 0.6 is 0 Å². The van der Waals surface area contributed by atoms with Crippen molar-refractivity contribution in [2.75, 3.05) is 0 Å². The highest BCUT2D eigenvalue weighted by Crippen LogP contribution is 2.23. The number of benzene rings is 1. The molecule has 0 aliphatic heterocycles. The van der Waals surface area contributed by atoms with E-state index in [-0.39, 0.29) is 0 Å². The van der Waals surface area contributed by atoms with Gasteiger partial charge in [-0.1, -0.05) is 77.9 Å². The minimum Gasteiger partial charge on any atom is -0.421 e. The second-order valence-electron chi connectivity index (χ2n) is 5.57. The highest BCUT2D eigenvalue weighted by atomic mass is 16.5. The lowest BCUT2D eigenvalue weighted by atomic mass is 10.1. The van der Waals surface area contributed by atoms with Gasteiger partial charge in [0, 0.05) is 35.8 Å². The Labute approximate surface area is 186 Å². The SMILES string of the molecule is CC.CC.CC.c1ccc(Cn2cncc2Oc2ccc(-c3cccnc3)cn2)cc1. The molecule has 0 bridgehead atoms. The van der Waals surface area contributed by atoms with Crippen molar-refractivity contribution in [1.29, 1.82) is 0 Å². The van der Waals surface area contributed by atoms with Crippen molar-refractivity contribution in [1.82, 2.24) is 19.5 Å². The maximum Gasteiger partial charge on any atom is 0.222 e. The van der Waals surface area contributed by atoms with E-state index >= 15 is 0 Å². The zero-order chi connectivity index (χ0) is 22.9. The van der Waals surface area contributed by atoms with Gasteiger partial charge >= 0.3 is 0 Å². The quantitative estimate of drug-likeness (QED) is 0.342. The van der Waals surface area contributed by atoms with E-state index in [1.165, 1.54) is 5.56 Å². The summed E-state index contributed by atoms with van der Waals surface area (Å²) in [4.78, 5) is 12.7. The molecular formula is C26H34N4O. The van der Waals surface area contributed by atoms with Crippen molar-refractivity contribution in [3.8, 4) is 22.9 Å². The summed E-state index contributed by atoms with van der Waals surface area (Å²) in [5.41, 5.74) is 3.21. The largest absolute Gasteiger partial charge is 0.421 e. The average molecular weight is 419 g/mol. The van der Waals surface area contributed by atoms with Gasteiger partial charge in [0.1, 0.15) is 0 Å². The number of aromatic nitrogens is 4. The summed E-state index contributed by atoms with van der Waals surface area (Å²) in [5, 5.41) is 0. The molecule has 0 amide bonds. The first-order valence-electron chi connectivity index (χ1n) is 11.0. The molecule has 164 valence electrons. The van der Waals surface area contributed by atoms with Gasteiger partial charge in [0.2, 0.25) is 11.8 Å². The first-order chi connectivity index (χ1) is 15.4. The summed E-state index contributed by atoms with van der Waals surface area (Å²) in [6.45, 7) is 12.7. The van der Waals surface area contributed by atoms with Crippen molar-refractivity contribution in [3.63, 3.8) is 0 Å². The van der Waals surface area contributed by atoms with Crippen LogP contribution in [0, 0.1) is 0 Å². The Balaban J connectivity index is 0.000000739. The van der Waals surface area contributed by atoms with Gasteiger partial charge in [-0.25, -0.2) is 9.97 Å². The van der Waals surface area contributed by atoms with Gasteiger partial charge in [-0.2, -0.15) is 0 Å². The summed E-state index contributed by atoms with van der Waals surface area (Å²) < 4.78 is 7.84. The van der Waals surface area contributed by atoms with Gasteiger partial charge in [-0.15, -0.1) is 0 Å². The minimum atomic E-state index is 0.530. The van der Waals surface area contributed by atoms with E-state index < -0.39 is 0 Å². The Morgan fingerprint density at radius 2 is 1.42 bits per heavy atom. The Hall–Kier alpha value is -3.47. The van der Waals surface area contributed by atoms with Crippen LogP contribution < -0.4 is 4.74 Å². The summed E-state index contributed by atoms with van der Waals surface area (Å²) in [6, 6.07) is 17.9. The van der Waals surface area contributed by atoms with Gasteiger partial charge < -0.3 is 4.74 Å². The van der Waals surface area contributed by atoms with Gasteiger partial charge in [-0.05, 0) is 17.7 Å². The highest BCUT2D eigenvalue weighted by molar-refractivity contribution is 5.61. The van der Waals surface area contributed by atoms with E-state index in [0.29, 0.717) is 18.3 Å². The third kappa shape index (κ3) is 8.05. The van der Waals surface area contributed by atoms with Crippen molar-refractivity contribution < 1.29 is 4.74 Å². The lowest BCUT2D eigenvalue weighted by molar-refractivity contribution is 0.420. The molecule has 3 aromatic heterocycles. The normalized spacial score (nSPS) is 9.10. The molecule has 0 saturated heterocycles. The maximum absolute atomic E-state index is 5.89. The Morgan fingerprint density at radius 3 is 2.03 bits per heavy atom. The summed E-state index contributed by atoms with van der Waals surface area (Å²) in [6.07, 6.45) is 8.80. The van der Waals surface area contributed by atoms with E-state index in [1.807, 2.05) is 94.8 Å². The molecule has 4 rings (SSSR count). The molecule has 0 N–H and O–H groups in total. The van der Waals surface area contributed by atoms with Crippen LogP contribution in [-0.2, 0) is 6.54 Å². The standard InChI is InChI=1S/C20H16N4O.3C2H6/c1-2-5-16(6-3-1)14-24-15-22-13-20(24)25-19-9-8-18(12-23-19)17-7-4-10-21-11-17;3*1-2/h1-13,15H,14H2;3*1-2H3. The predicted molar refractivity (Wildman–Crippen MR) is 129 cm³/mol. The first kappa shape index (κ1) is 25.6. The second kappa shape index (κ2) is 15.4. The fourth-order valence-corrected chi connectivity index (χ4v) is 2.54. The molecule has 31 heavy (non-hydrogen) atoms. The summed E-state index contributed by atoms with van der Waals surface area (Å²) in [7, 11) is 0. The molecule has 4 aromatic rings. The Bertz CT molecular complexity index is 936. The van der Waals surface area contributed by atoms with Crippen LogP contribution in [0.2, 0.25) is 0 Å². The van der Waals surface area contributed by atoms with Crippen LogP contribution in [0.5, 0.6) is 11.8 Å². The van der Waals surface area contributed by atoms with Crippen molar-refractivity contribution in [2.45, 2.75) is 48.1 Å². The predicted octanol–water partition coefficient (Wildman–Crippen LogP) is 7.26. The number of rotatable bonds is 5. The molecule has 0 unspecified atom stereocenters. The number of imidazole rings is 1. The molecule has 0 atom stereocenters. The fourth-order valence-electron chi connectivity index (χ4n) is 2.54. The zero-order valence-electron chi connectivity index (χ0n) is 19.5. The topological polar surface area (TPSA) is 52.8 Å². The fraction of sp³-hybridized carbons (Fsp3) is 0.269. The molecule has 0 aliphatic carbocycles. The minimum absolute atomic E-state index is 0.530. The van der Waals surface area contributed by atoms with Gasteiger partial charge in [0.15, 0.2) is 0 Å². The molecule has 0 aliphatic rings. The summed E-state index contributed by atoms with van der Waals surface area (Å²) >= 11 is 0. The number of nitrogens with zero attached hydrogens (tertiary/aromatic N) is 4. The van der Waals surface area contributed by atoms with Gasteiger partial charge in [-0.3, -0.25) is 9.55 Å². The van der Waals surface area contributed by atoms with Crippen LogP contribution in [0.25, 0.3) is 11.1 Å². The van der Waals surface area contributed by atoms with Gasteiger partial charge in [0.05, 0.1) is 19.1 Å². The van der Waals surface area contributed by atoms with Crippen LogP contribution in [0.1, 0.15) is 47.1 Å². The van der Waals surface area contributed by atoms with Crippen LogP contribution in [0.15, 0.2) is 85.7 Å². The van der Waals surface area contributed by atoms with Crippen molar-refractivity contribution >= 4 is 0 Å². The van der Waals surface area contributed by atoms with E-state index in [2.05, 4.69) is 27.1 Å². The number of pyridine rings is 2. The van der Waals surface area contributed by atoms with Crippen LogP contribution in [0.4, 0.5) is 0 Å². The smallest absolute Gasteiger partial charge is 0.222 e. The number of hydrogen-bond acceptors (Lipinski definition) is 4. The van der Waals surface area contributed by atoms with E-state index in [4.69, 9.17) is 4.74 Å². The molecule has 5 nitrogen and oxygen atoms in total. The molecule has 0 radical (unpaired) electrons. The molecule has 3 heterocycles. The molecule has 0 saturated carbocycles.